The summed E-state index contributed by atoms with van der Waals surface area (Å²) in [6.45, 7) is 1.63. The third-order valence-corrected chi connectivity index (χ3v) is 2.39. The predicted molar refractivity (Wildman–Crippen MR) is 49.0 cm³/mol. The van der Waals surface area contributed by atoms with Crippen LogP contribution in [0.15, 0.2) is 29.2 Å². The largest absolute Gasteiger partial charge is 2.00 e. The minimum Gasteiger partial charge on any atom is -1.00 e. The van der Waals surface area contributed by atoms with E-state index in [0.717, 1.165) is 0 Å². The maximum absolute atomic E-state index is 10.6. The Balaban J connectivity index is -0.000000403. The Morgan fingerprint density at radius 3 is 2.17 bits per heavy atom. The molecule has 0 unspecified atom stereocenters. The third-order valence-electron chi connectivity index (χ3n) is 1.37. The fourth-order valence-electron chi connectivity index (χ4n) is 0.846. The standard InChI is InChI=1S/C7H8O3S.Mg.2H/c1-6-4-2-3-5-7(6)11(8,9)10;;;/h2-5H,1H3,(H,8,9,10);;;/q;+2;2*-1. The molecule has 0 aromatic heterocycles. The molecule has 0 saturated carbocycles. The van der Waals surface area contributed by atoms with Crippen LogP contribution in [0.2, 0.25) is 0 Å². The normalized spacial score (nSPS) is 10.5. The summed E-state index contributed by atoms with van der Waals surface area (Å²) in [5.74, 6) is 0. The van der Waals surface area contributed by atoms with Crippen molar-refractivity contribution in [1.82, 2.24) is 0 Å². The Kier molecular flexibility index (Phi) is 4.19. The van der Waals surface area contributed by atoms with Gasteiger partial charge in [-0.3, -0.25) is 4.55 Å². The molecule has 1 aromatic carbocycles. The maximum Gasteiger partial charge on any atom is 2.00 e. The van der Waals surface area contributed by atoms with Crippen LogP contribution in [-0.4, -0.2) is 36.0 Å². The Labute approximate surface area is 90.7 Å². The van der Waals surface area contributed by atoms with E-state index in [4.69, 9.17) is 4.55 Å². The van der Waals surface area contributed by atoms with Crippen LogP contribution >= 0.6 is 0 Å². The number of aryl methyl sites for hydroxylation is 1. The van der Waals surface area contributed by atoms with E-state index in [1.165, 1.54) is 6.07 Å². The summed E-state index contributed by atoms with van der Waals surface area (Å²) in [5, 5.41) is 0. The first-order valence-electron chi connectivity index (χ1n) is 3.05. The summed E-state index contributed by atoms with van der Waals surface area (Å²) < 4.78 is 29.9. The van der Waals surface area contributed by atoms with Crippen LogP contribution in [0, 0.1) is 6.92 Å². The van der Waals surface area contributed by atoms with E-state index >= 15 is 0 Å². The molecule has 0 fully saturated rings. The molecule has 1 rings (SSSR count). The van der Waals surface area contributed by atoms with E-state index < -0.39 is 10.1 Å². The average Bonchev–Trinajstić information content (AvgIpc) is 1.86. The maximum atomic E-state index is 10.6. The molecular formula is C7H10MgO3S. The van der Waals surface area contributed by atoms with E-state index in [9.17, 15) is 8.42 Å². The van der Waals surface area contributed by atoms with E-state index in [0.29, 0.717) is 5.56 Å². The van der Waals surface area contributed by atoms with E-state index in [1.807, 2.05) is 0 Å². The fourth-order valence-corrected chi connectivity index (χ4v) is 1.57. The number of hydrogen-bond donors (Lipinski definition) is 1. The molecule has 0 bridgehead atoms. The molecule has 0 atom stereocenters. The summed E-state index contributed by atoms with van der Waals surface area (Å²) in [7, 11) is -4.03. The molecule has 1 aromatic rings. The first-order chi connectivity index (χ1) is 5.02. The topological polar surface area (TPSA) is 54.4 Å². The zero-order chi connectivity index (χ0) is 8.48. The van der Waals surface area contributed by atoms with Crippen molar-refractivity contribution in [3.63, 3.8) is 0 Å². The third kappa shape index (κ3) is 2.74. The quantitative estimate of drug-likeness (QED) is 0.543. The van der Waals surface area contributed by atoms with Gasteiger partial charge < -0.3 is 2.85 Å². The molecular weight excluding hydrogens is 188 g/mol. The minimum atomic E-state index is -4.03. The van der Waals surface area contributed by atoms with E-state index in [1.54, 1.807) is 25.1 Å². The van der Waals surface area contributed by atoms with Crippen LogP contribution < -0.4 is 0 Å². The molecule has 0 aliphatic heterocycles. The molecule has 0 amide bonds. The summed E-state index contributed by atoms with van der Waals surface area (Å²) >= 11 is 0. The van der Waals surface area contributed by atoms with Crippen LogP contribution in [0.5, 0.6) is 0 Å². The summed E-state index contributed by atoms with van der Waals surface area (Å²) in [6.07, 6.45) is 0. The van der Waals surface area contributed by atoms with Crippen LogP contribution in [0.25, 0.3) is 0 Å². The van der Waals surface area contributed by atoms with Crippen LogP contribution in [-0.2, 0) is 10.1 Å². The van der Waals surface area contributed by atoms with Gasteiger partial charge in [0.1, 0.15) is 0 Å². The molecule has 1 N–H and O–H groups in total. The van der Waals surface area contributed by atoms with Crippen molar-refractivity contribution in [2.75, 3.05) is 0 Å². The number of benzene rings is 1. The SMILES string of the molecule is Cc1ccccc1S(=O)(=O)O.[H-].[H-].[Mg+2]. The second-order valence-electron chi connectivity index (χ2n) is 2.24. The van der Waals surface area contributed by atoms with E-state index in [2.05, 4.69) is 0 Å². The van der Waals surface area contributed by atoms with Gasteiger partial charge >= 0.3 is 23.1 Å². The minimum absolute atomic E-state index is 0. The van der Waals surface area contributed by atoms with Gasteiger partial charge in [-0.1, -0.05) is 18.2 Å². The van der Waals surface area contributed by atoms with Gasteiger partial charge in [0.2, 0.25) is 0 Å². The molecule has 12 heavy (non-hydrogen) atoms. The molecule has 0 aliphatic rings. The Hall–Kier alpha value is -0.104. The molecule has 0 spiro atoms. The van der Waals surface area contributed by atoms with Gasteiger partial charge in [-0.05, 0) is 18.6 Å². The fraction of sp³-hybridized carbons (Fsp3) is 0.143. The Morgan fingerprint density at radius 2 is 1.83 bits per heavy atom. The zero-order valence-corrected chi connectivity index (χ0v) is 8.92. The summed E-state index contributed by atoms with van der Waals surface area (Å²) in [5.41, 5.74) is 0.551. The molecule has 0 radical (unpaired) electrons. The number of rotatable bonds is 1. The van der Waals surface area contributed by atoms with Crippen molar-refractivity contribution in [2.24, 2.45) is 0 Å². The average molecular weight is 199 g/mol. The molecule has 0 saturated heterocycles. The van der Waals surface area contributed by atoms with Gasteiger partial charge in [-0.25, -0.2) is 0 Å². The molecule has 0 heterocycles. The predicted octanol–water partition coefficient (Wildman–Crippen LogP) is 1.09. The molecule has 5 heteroatoms. The van der Waals surface area contributed by atoms with Crippen molar-refractivity contribution in [2.45, 2.75) is 11.8 Å². The van der Waals surface area contributed by atoms with E-state index in [-0.39, 0.29) is 30.8 Å². The first-order valence-corrected chi connectivity index (χ1v) is 4.49. The molecule has 0 aliphatic carbocycles. The van der Waals surface area contributed by atoms with Gasteiger partial charge in [0.05, 0.1) is 4.90 Å². The second kappa shape index (κ2) is 4.22. The second-order valence-corrected chi connectivity index (χ2v) is 3.63. The van der Waals surface area contributed by atoms with Crippen LogP contribution in [0.4, 0.5) is 0 Å². The van der Waals surface area contributed by atoms with Gasteiger partial charge in [-0.15, -0.1) is 0 Å². The van der Waals surface area contributed by atoms with Crippen LogP contribution in [0.1, 0.15) is 8.42 Å². The summed E-state index contributed by atoms with van der Waals surface area (Å²) in [6, 6.07) is 6.27. The Morgan fingerprint density at radius 1 is 1.33 bits per heavy atom. The van der Waals surface area contributed by atoms with Gasteiger partial charge in [0.15, 0.2) is 0 Å². The van der Waals surface area contributed by atoms with Crippen molar-refractivity contribution in [3.05, 3.63) is 29.8 Å². The smallest absolute Gasteiger partial charge is 1.00 e. The molecule has 64 valence electrons. The van der Waals surface area contributed by atoms with Crippen molar-refractivity contribution in [1.29, 1.82) is 0 Å². The van der Waals surface area contributed by atoms with Gasteiger partial charge in [-0.2, -0.15) is 8.42 Å². The van der Waals surface area contributed by atoms with Gasteiger partial charge in [0.25, 0.3) is 10.1 Å². The van der Waals surface area contributed by atoms with Crippen LogP contribution in [0.3, 0.4) is 0 Å². The van der Waals surface area contributed by atoms with Crippen molar-refractivity contribution < 1.29 is 15.8 Å². The number of hydrogen-bond acceptors (Lipinski definition) is 2. The zero-order valence-electron chi connectivity index (χ0n) is 8.69. The molecule has 3 nitrogen and oxygen atoms in total. The Bertz CT molecular complexity index is 367. The van der Waals surface area contributed by atoms with Crippen molar-refractivity contribution >= 4 is 33.2 Å². The first kappa shape index (κ1) is 11.9. The van der Waals surface area contributed by atoms with Gasteiger partial charge in [0, 0.05) is 0 Å². The monoisotopic (exact) mass is 198 g/mol. The van der Waals surface area contributed by atoms with Crippen molar-refractivity contribution in [3.8, 4) is 0 Å². The summed E-state index contributed by atoms with van der Waals surface area (Å²) in [4.78, 5) is -0.0278.